The predicted octanol–water partition coefficient (Wildman–Crippen LogP) is 5.29. The summed E-state index contributed by atoms with van der Waals surface area (Å²) in [5.41, 5.74) is 2.08. The van der Waals surface area contributed by atoms with Crippen molar-refractivity contribution in [2.24, 2.45) is 7.05 Å². The van der Waals surface area contributed by atoms with Gasteiger partial charge in [0, 0.05) is 57.2 Å². The normalized spacial score (nSPS) is 18.8. The molecule has 2 aromatic heterocycles. The summed E-state index contributed by atoms with van der Waals surface area (Å²) < 4.78 is 47.0. The molecule has 11 heteroatoms. The van der Waals surface area contributed by atoms with Crippen molar-refractivity contribution in [1.29, 1.82) is 5.26 Å². The molecule has 2 fully saturated rings. The van der Waals surface area contributed by atoms with Gasteiger partial charge in [-0.2, -0.15) is 18.4 Å². The van der Waals surface area contributed by atoms with Gasteiger partial charge in [-0.25, -0.2) is 4.79 Å². The number of halogens is 3. The summed E-state index contributed by atoms with van der Waals surface area (Å²) in [6, 6.07) is 13.4. The van der Waals surface area contributed by atoms with Crippen molar-refractivity contribution in [3.05, 3.63) is 71.5 Å². The second-order valence-electron chi connectivity index (χ2n) is 10.6. The molecule has 5 rings (SSSR count). The van der Waals surface area contributed by atoms with Crippen LogP contribution in [0.2, 0.25) is 0 Å². The molecule has 1 N–H and O–H groups in total. The van der Waals surface area contributed by atoms with Crippen LogP contribution in [0.4, 0.5) is 23.7 Å². The number of aryl methyl sites for hydroxylation is 1. The highest BCUT2D eigenvalue weighted by atomic mass is 19.4. The van der Waals surface area contributed by atoms with Gasteiger partial charge in [-0.1, -0.05) is 6.07 Å². The van der Waals surface area contributed by atoms with Crippen LogP contribution in [0.5, 0.6) is 0 Å². The van der Waals surface area contributed by atoms with Crippen LogP contribution >= 0.6 is 0 Å². The van der Waals surface area contributed by atoms with Gasteiger partial charge in [-0.05, 0) is 68.1 Å². The Hall–Kier alpha value is -4.04. The minimum atomic E-state index is -4.51. The molecule has 4 heterocycles. The summed E-state index contributed by atoms with van der Waals surface area (Å²) in [5, 5.41) is 13.5. The number of nitriles is 1. The van der Waals surface area contributed by atoms with Crippen LogP contribution in [0.3, 0.4) is 0 Å². The maximum atomic E-state index is 13.3. The van der Waals surface area contributed by atoms with Crippen LogP contribution in [0.25, 0.3) is 11.4 Å². The number of alkyl halides is 3. The lowest BCUT2D eigenvalue weighted by Gasteiger charge is -2.45. The number of aromatic nitrogens is 2. The quantitative estimate of drug-likeness (QED) is 0.436. The van der Waals surface area contributed by atoms with Gasteiger partial charge < -0.3 is 24.4 Å². The average Bonchev–Trinajstić information content (AvgIpc) is 3.62. The van der Waals surface area contributed by atoms with Gasteiger partial charge in [0.15, 0.2) is 0 Å². The van der Waals surface area contributed by atoms with E-state index in [9.17, 15) is 23.2 Å². The van der Waals surface area contributed by atoms with Gasteiger partial charge in [-0.15, -0.1) is 0 Å². The minimum Gasteiger partial charge on any atom is -0.450 e. The van der Waals surface area contributed by atoms with E-state index in [1.165, 1.54) is 6.07 Å². The minimum absolute atomic E-state index is 0.00902. The smallest absolute Gasteiger partial charge is 0.416 e. The molecule has 1 atom stereocenters. The summed E-state index contributed by atoms with van der Waals surface area (Å²) in [4.78, 5) is 20.8. The molecule has 1 amide bonds. The van der Waals surface area contributed by atoms with Gasteiger partial charge in [0.2, 0.25) is 0 Å². The molecular weight excluding hydrogens is 533 g/mol. The molecular formula is C30H33F3N6O2. The Balaban J connectivity index is 1.40. The highest BCUT2D eigenvalue weighted by Gasteiger charge is 2.41. The zero-order valence-electron chi connectivity index (χ0n) is 23.1. The molecule has 0 saturated carbocycles. The molecule has 41 heavy (non-hydrogen) atoms. The molecule has 0 aliphatic carbocycles. The van der Waals surface area contributed by atoms with E-state index < -0.39 is 17.3 Å². The number of pyridine rings is 1. The van der Waals surface area contributed by atoms with E-state index in [1.54, 1.807) is 11.8 Å². The summed E-state index contributed by atoms with van der Waals surface area (Å²) >= 11 is 0. The molecule has 216 valence electrons. The first-order valence-corrected chi connectivity index (χ1v) is 13.8. The molecule has 0 spiro atoms. The maximum absolute atomic E-state index is 13.3. The number of likely N-dealkylation sites (tertiary alicyclic amines) is 1. The van der Waals surface area contributed by atoms with Crippen molar-refractivity contribution in [2.75, 3.05) is 37.7 Å². The number of anilines is 1. The molecule has 8 nitrogen and oxygen atoms in total. The molecule has 3 aromatic rings. The third-order valence-electron chi connectivity index (χ3n) is 8.12. The van der Waals surface area contributed by atoms with Crippen molar-refractivity contribution in [2.45, 2.75) is 43.9 Å². The second-order valence-corrected chi connectivity index (χ2v) is 10.6. The van der Waals surface area contributed by atoms with Gasteiger partial charge in [0.05, 0.1) is 34.8 Å². The van der Waals surface area contributed by atoms with Crippen molar-refractivity contribution in [3.63, 3.8) is 0 Å². The Morgan fingerprint density at radius 1 is 1.20 bits per heavy atom. The summed E-state index contributed by atoms with van der Waals surface area (Å²) in [6.45, 7) is 4.28. The van der Waals surface area contributed by atoms with E-state index in [2.05, 4.69) is 11.4 Å². The fourth-order valence-electron chi connectivity index (χ4n) is 5.93. The van der Waals surface area contributed by atoms with Crippen LogP contribution in [-0.4, -0.2) is 59.4 Å². The van der Waals surface area contributed by atoms with E-state index in [0.29, 0.717) is 51.3 Å². The largest absolute Gasteiger partial charge is 0.450 e. The topological polar surface area (TPSA) is 86.4 Å². The number of hydrogen-bond donors (Lipinski definition) is 1. The number of piperidine rings is 1. The highest BCUT2D eigenvalue weighted by molar-refractivity contribution is 5.68. The van der Waals surface area contributed by atoms with E-state index in [4.69, 9.17) is 9.72 Å². The zero-order valence-corrected chi connectivity index (χ0v) is 23.1. The maximum Gasteiger partial charge on any atom is 0.416 e. The van der Waals surface area contributed by atoms with Crippen molar-refractivity contribution in [1.82, 2.24) is 19.8 Å². The van der Waals surface area contributed by atoms with Crippen molar-refractivity contribution >= 4 is 11.8 Å². The summed E-state index contributed by atoms with van der Waals surface area (Å²) in [6.07, 6.45) is 1.08. The Kier molecular flexibility index (Phi) is 7.95. The van der Waals surface area contributed by atoms with Crippen molar-refractivity contribution in [3.8, 4) is 17.5 Å². The highest BCUT2D eigenvalue weighted by Crippen LogP contribution is 2.38. The van der Waals surface area contributed by atoms with E-state index in [-0.39, 0.29) is 17.7 Å². The molecule has 0 unspecified atom stereocenters. The number of rotatable bonds is 6. The lowest BCUT2D eigenvalue weighted by atomic mass is 9.80. The number of ether oxygens (including phenoxy) is 1. The monoisotopic (exact) mass is 566 g/mol. The summed E-state index contributed by atoms with van der Waals surface area (Å²) in [7, 11) is 1.97. The zero-order chi connectivity index (χ0) is 29.2. The molecule has 0 bridgehead atoms. The first-order chi connectivity index (χ1) is 19.6. The lowest BCUT2D eigenvalue weighted by molar-refractivity contribution is -0.137. The number of nitrogens with zero attached hydrogens (tertiary/aromatic N) is 5. The van der Waals surface area contributed by atoms with E-state index in [0.717, 1.165) is 35.5 Å². The summed E-state index contributed by atoms with van der Waals surface area (Å²) in [5.74, 6) is 0. The Morgan fingerprint density at radius 3 is 2.59 bits per heavy atom. The number of hydrogen-bond acceptors (Lipinski definition) is 6. The van der Waals surface area contributed by atoms with E-state index >= 15 is 0 Å². The molecule has 2 aliphatic heterocycles. The number of carbonyl (C=O) groups excluding carboxylic acids is 1. The number of benzene rings is 1. The number of nitrogens with one attached hydrogen (secondary N) is 1. The average molecular weight is 567 g/mol. The van der Waals surface area contributed by atoms with Gasteiger partial charge in [0.25, 0.3) is 0 Å². The first kappa shape index (κ1) is 28.5. The van der Waals surface area contributed by atoms with Crippen LogP contribution in [0.1, 0.15) is 42.9 Å². The van der Waals surface area contributed by atoms with Gasteiger partial charge in [-0.3, -0.25) is 4.98 Å². The molecule has 1 aromatic carbocycles. The fourth-order valence-corrected chi connectivity index (χ4v) is 5.93. The van der Waals surface area contributed by atoms with E-state index in [1.807, 2.05) is 53.2 Å². The number of amides is 1. The second kappa shape index (κ2) is 11.4. The third kappa shape index (κ3) is 5.88. The Morgan fingerprint density at radius 2 is 1.98 bits per heavy atom. The van der Waals surface area contributed by atoms with Crippen LogP contribution in [0, 0.1) is 11.3 Å². The van der Waals surface area contributed by atoms with Gasteiger partial charge >= 0.3 is 12.3 Å². The molecule has 2 aliphatic rings. The first-order valence-electron chi connectivity index (χ1n) is 13.8. The number of carbonyl (C=O) groups is 1. The van der Waals surface area contributed by atoms with Crippen LogP contribution < -0.4 is 10.2 Å². The standard InChI is InChI=1S/C30H33F3N6O2/c1-3-41-28(40)39-14-10-24(20-39)36-29(23-6-8-25(35-19-23)27-5-4-13-37(27)2)11-15-38(16-12-29)26-9-7-22(30(31,32)33)17-21(26)18-34/h4-9,13,17,19,24,36H,3,10-12,14-16,20H2,1-2H3/t24-/m0/s1. The Bertz CT molecular complexity index is 1420. The van der Waals surface area contributed by atoms with Crippen molar-refractivity contribution < 1.29 is 22.7 Å². The fraction of sp³-hybridized carbons (Fsp3) is 0.433. The predicted molar refractivity (Wildman–Crippen MR) is 148 cm³/mol. The SMILES string of the molecule is CCOC(=O)N1CC[C@H](NC2(c3ccc(-c4cccn4C)nc3)CCN(c3ccc(C(F)(F)F)cc3C#N)CC2)C1. The third-order valence-corrected chi connectivity index (χ3v) is 8.12. The Labute approximate surface area is 237 Å². The van der Waals surface area contributed by atoms with Crippen LogP contribution in [-0.2, 0) is 23.5 Å². The molecule has 0 radical (unpaired) electrons. The van der Waals surface area contributed by atoms with Crippen LogP contribution in [0.15, 0.2) is 54.9 Å². The lowest BCUT2D eigenvalue weighted by Crippen LogP contribution is -2.55. The molecule has 2 saturated heterocycles. The van der Waals surface area contributed by atoms with Gasteiger partial charge in [0.1, 0.15) is 6.07 Å².